The first-order valence-corrected chi connectivity index (χ1v) is 8.60. The van der Waals surface area contributed by atoms with E-state index in [-0.39, 0.29) is 17.9 Å². The molecular formula is C17H26F3N5O2. The Hall–Kier alpha value is -2.07. The summed E-state index contributed by atoms with van der Waals surface area (Å²) in [5.41, 5.74) is 0.110. The molecule has 4 N–H and O–H groups in total. The summed E-state index contributed by atoms with van der Waals surface area (Å²) in [4.78, 5) is 17.5. The van der Waals surface area contributed by atoms with Crippen molar-refractivity contribution in [3.05, 3.63) is 23.9 Å². The van der Waals surface area contributed by atoms with Gasteiger partial charge in [0.15, 0.2) is 6.04 Å². The topological polar surface area (TPSA) is 92.5 Å². The van der Waals surface area contributed by atoms with E-state index in [4.69, 9.17) is 10.6 Å². The maximum absolute atomic E-state index is 14.1. The van der Waals surface area contributed by atoms with Crippen molar-refractivity contribution < 1.29 is 22.7 Å². The first-order chi connectivity index (χ1) is 12.4. The second-order valence-electron chi connectivity index (χ2n) is 7.84. The van der Waals surface area contributed by atoms with Crippen molar-refractivity contribution in [2.75, 3.05) is 18.5 Å². The number of aromatic nitrogens is 1. The summed E-state index contributed by atoms with van der Waals surface area (Å²) in [5.74, 6) is 5.45. The molecule has 27 heavy (non-hydrogen) atoms. The molecule has 1 aromatic rings. The van der Waals surface area contributed by atoms with E-state index in [1.54, 1.807) is 27.7 Å². The van der Waals surface area contributed by atoms with Crippen LogP contribution < -0.4 is 16.6 Å². The zero-order valence-electron chi connectivity index (χ0n) is 15.9. The molecule has 1 amide bonds. The van der Waals surface area contributed by atoms with E-state index >= 15 is 0 Å². The number of halogens is 3. The molecule has 1 fully saturated rings. The molecule has 0 aliphatic carbocycles. The molecule has 152 valence electrons. The van der Waals surface area contributed by atoms with Gasteiger partial charge in [-0.1, -0.05) is 6.07 Å². The Balaban J connectivity index is 2.53. The number of hydrazine groups is 1. The molecule has 10 heteroatoms. The normalized spacial score (nSPS) is 21.6. The number of carbonyl (C=O) groups excluding carboxylic acids is 1. The summed E-state index contributed by atoms with van der Waals surface area (Å²) in [5, 5.41) is 3.03. The van der Waals surface area contributed by atoms with Crippen molar-refractivity contribution in [1.29, 1.82) is 0 Å². The van der Waals surface area contributed by atoms with Crippen LogP contribution in [0.25, 0.3) is 0 Å². The molecule has 0 bridgehead atoms. The lowest BCUT2D eigenvalue weighted by atomic mass is 9.94. The second-order valence-corrected chi connectivity index (χ2v) is 7.84. The summed E-state index contributed by atoms with van der Waals surface area (Å²) >= 11 is 0. The SMILES string of the molecule is CC(C)(C)OC(=O)N([C@@H](c1ccc(NN)nc1)C(F)(F)F)[C@@]1(C)CCNC1. The van der Waals surface area contributed by atoms with Gasteiger partial charge < -0.3 is 15.5 Å². The fraction of sp³-hybridized carbons (Fsp3) is 0.647. The van der Waals surface area contributed by atoms with Gasteiger partial charge >= 0.3 is 12.3 Å². The summed E-state index contributed by atoms with van der Waals surface area (Å²) in [6.07, 6.45) is -4.30. The molecule has 2 rings (SSSR count). The standard InChI is InChI=1S/C17H26F3N5O2/c1-15(2,3)27-14(26)25(16(4)7-8-22-10-16)13(17(18,19)20)11-5-6-12(24-21)23-9-11/h5-6,9,13,22H,7-8,10,21H2,1-4H3,(H,23,24)/t13-,16-/m0/s1. The van der Waals surface area contributed by atoms with E-state index in [1.165, 1.54) is 12.1 Å². The van der Waals surface area contributed by atoms with Crippen LogP contribution in [0, 0.1) is 0 Å². The van der Waals surface area contributed by atoms with Crippen molar-refractivity contribution >= 4 is 11.9 Å². The van der Waals surface area contributed by atoms with Crippen molar-refractivity contribution in [1.82, 2.24) is 15.2 Å². The third kappa shape index (κ3) is 5.01. The van der Waals surface area contributed by atoms with Crippen LogP contribution in [0.4, 0.5) is 23.8 Å². The van der Waals surface area contributed by atoms with Gasteiger partial charge in [0.05, 0.1) is 5.54 Å². The number of alkyl halides is 3. The van der Waals surface area contributed by atoms with Crippen molar-refractivity contribution in [3.8, 4) is 0 Å². The molecule has 1 aromatic heterocycles. The number of hydrogen-bond acceptors (Lipinski definition) is 6. The molecule has 2 atom stereocenters. The molecule has 2 heterocycles. The van der Waals surface area contributed by atoms with Gasteiger partial charge in [-0.25, -0.2) is 15.6 Å². The average Bonchev–Trinajstić information content (AvgIpc) is 2.97. The molecule has 0 spiro atoms. The highest BCUT2D eigenvalue weighted by Gasteiger charge is 2.54. The molecule has 7 nitrogen and oxygen atoms in total. The van der Waals surface area contributed by atoms with Crippen LogP contribution >= 0.6 is 0 Å². The molecule has 0 saturated carbocycles. The molecular weight excluding hydrogens is 363 g/mol. The van der Waals surface area contributed by atoms with Crippen molar-refractivity contribution in [2.24, 2.45) is 5.84 Å². The third-order valence-electron chi connectivity index (χ3n) is 4.34. The van der Waals surface area contributed by atoms with Gasteiger partial charge in [0.25, 0.3) is 0 Å². The van der Waals surface area contributed by atoms with Crippen LogP contribution in [0.3, 0.4) is 0 Å². The first kappa shape index (κ1) is 21.2. The minimum atomic E-state index is -4.72. The Kier molecular flexibility index (Phi) is 5.91. The van der Waals surface area contributed by atoms with Gasteiger partial charge in [-0.2, -0.15) is 13.2 Å². The number of ether oxygens (including phenoxy) is 1. The summed E-state index contributed by atoms with van der Waals surface area (Å²) in [6.45, 7) is 7.21. The van der Waals surface area contributed by atoms with Crippen LogP contribution in [-0.2, 0) is 4.74 Å². The Morgan fingerprint density at radius 3 is 2.48 bits per heavy atom. The minimum absolute atomic E-state index is 0.166. The summed E-state index contributed by atoms with van der Waals surface area (Å²) < 4.78 is 47.7. The predicted octanol–water partition coefficient (Wildman–Crippen LogP) is 2.96. The Morgan fingerprint density at radius 1 is 1.41 bits per heavy atom. The summed E-state index contributed by atoms with van der Waals surface area (Å²) in [7, 11) is 0. The Bertz CT molecular complexity index is 652. The number of carbonyl (C=O) groups is 1. The van der Waals surface area contributed by atoms with E-state index < -0.39 is 29.5 Å². The number of hydrogen-bond donors (Lipinski definition) is 3. The van der Waals surface area contributed by atoms with E-state index in [1.807, 2.05) is 0 Å². The number of pyridine rings is 1. The summed E-state index contributed by atoms with van der Waals surface area (Å²) in [6, 6.07) is 0.386. The number of nitrogens with zero attached hydrogens (tertiary/aromatic N) is 2. The number of nitrogens with one attached hydrogen (secondary N) is 2. The van der Waals surface area contributed by atoms with Crippen LogP contribution in [0.1, 0.15) is 45.7 Å². The monoisotopic (exact) mass is 389 g/mol. The third-order valence-corrected chi connectivity index (χ3v) is 4.34. The van der Waals surface area contributed by atoms with Gasteiger partial charge in [-0.05, 0) is 46.7 Å². The molecule has 0 aromatic carbocycles. The van der Waals surface area contributed by atoms with Crippen LogP contribution in [0.5, 0.6) is 0 Å². The van der Waals surface area contributed by atoms with Gasteiger partial charge in [0.1, 0.15) is 11.4 Å². The second kappa shape index (κ2) is 7.51. The molecule has 1 saturated heterocycles. The zero-order chi connectivity index (χ0) is 20.5. The number of nitrogens with two attached hydrogens (primary N) is 1. The molecule has 0 radical (unpaired) electrons. The van der Waals surface area contributed by atoms with Gasteiger partial charge in [0.2, 0.25) is 0 Å². The lowest BCUT2D eigenvalue weighted by molar-refractivity contribution is -0.195. The number of amides is 1. The lowest BCUT2D eigenvalue weighted by Gasteiger charge is -2.44. The Morgan fingerprint density at radius 2 is 2.07 bits per heavy atom. The molecule has 1 aliphatic heterocycles. The van der Waals surface area contributed by atoms with E-state index in [2.05, 4.69) is 15.7 Å². The quantitative estimate of drug-likeness (QED) is 0.542. The van der Waals surface area contributed by atoms with Crippen molar-refractivity contribution in [2.45, 2.75) is 57.5 Å². The minimum Gasteiger partial charge on any atom is -0.444 e. The highest BCUT2D eigenvalue weighted by molar-refractivity contribution is 5.70. The smallest absolute Gasteiger partial charge is 0.413 e. The maximum Gasteiger partial charge on any atom is 0.413 e. The fourth-order valence-corrected chi connectivity index (χ4v) is 3.09. The predicted molar refractivity (Wildman–Crippen MR) is 94.8 cm³/mol. The van der Waals surface area contributed by atoms with Gasteiger partial charge in [-0.15, -0.1) is 0 Å². The average molecular weight is 389 g/mol. The van der Waals surface area contributed by atoms with Crippen LogP contribution in [0.2, 0.25) is 0 Å². The zero-order valence-corrected chi connectivity index (χ0v) is 15.9. The van der Waals surface area contributed by atoms with Crippen LogP contribution in [-0.4, -0.2) is 46.4 Å². The van der Waals surface area contributed by atoms with E-state index in [0.29, 0.717) is 13.0 Å². The molecule has 0 unspecified atom stereocenters. The fourth-order valence-electron chi connectivity index (χ4n) is 3.09. The van der Waals surface area contributed by atoms with E-state index in [9.17, 15) is 18.0 Å². The molecule has 1 aliphatic rings. The van der Waals surface area contributed by atoms with Crippen LogP contribution in [0.15, 0.2) is 18.3 Å². The van der Waals surface area contributed by atoms with Crippen molar-refractivity contribution in [3.63, 3.8) is 0 Å². The first-order valence-electron chi connectivity index (χ1n) is 8.60. The number of rotatable bonds is 4. The van der Waals surface area contributed by atoms with Gasteiger partial charge in [-0.3, -0.25) is 4.90 Å². The van der Waals surface area contributed by atoms with E-state index in [0.717, 1.165) is 11.1 Å². The highest BCUT2D eigenvalue weighted by atomic mass is 19.4. The highest BCUT2D eigenvalue weighted by Crippen LogP contribution is 2.43. The van der Waals surface area contributed by atoms with Gasteiger partial charge in [0, 0.05) is 18.3 Å². The maximum atomic E-state index is 14.1. The number of nitrogen functional groups attached to an aromatic ring is 1. The number of anilines is 1. The Labute approximate surface area is 156 Å². The lowest BCUT2D eigenvalue weighted by Crippen LogP contribution is -2.57. The largest absolute Gasteiger partial charge is 0.444 e.